The highest BCUT2D eigenvalue weighted by atomic mass is 16.3. The first-order valence-electron chi connectivity index (χ1n) is 5.85. The Balaban J connectivity index is 2.02. The van der Waals surface area contributed by atoms with Crippen molar-refractivity contribution in [3.05, 3.63) is 30.1 Å². The molecule has 1 aliphatic heterocycles. The van der Waals surface area contributed by atoms with Crippen LogP contribution in [0.25, 0.3) is 10.9 Å². The van der Waals surface area contributed by atoms with Gasteiger partial charge < -0.3 is 10.0 Å². The first-order chi connectivity index (χ1) is 8.28. The normalized spacial score (nSPS) is 16.2. The zero-order chi connectivity index (χ0) is 11.8. The van der Waals surface area contributed by atoms with E-state index in [0.29, 0.717) is 5.92 Å². The Kier molecular flexibility index (Phi) is 2.44. The van der Waals surface area contributed by atoms with Crippen LogP contribution in [-0.2, 0) is 0 Å². The van der Waals surface area contributed by atoms with Crippen LogP contribution in [-0.4, -0.2) is 34.8 Å². The Morgan fingerprint density at radius 3 is 2.94 bits per heavy atom. The second kappa shape index (κ2) is 3.96. The summed E-state index contributed by atoms with van der Waals surface area (Å²) < 4.78 is 0. The average molecular weight is 229 g/mol. The minimum absolute atomic E-state index is 0.262. The van der Waals surface area contributed by atoms with Crippen LogP contribution >= 0.6 is 0 Å². The monoisotopic (exact) mass is 229 g/mol. The lowest BCUT2D eigenvalue weighted by atomic mass is 10.0. The lowest BCUT2D eigenvalue weighted by Crippen LogP contribution is -2.48. The summed E-state index contributed by atoms with van der Waals surface area (Å²) in [6, 6.07) is 6.21. The molecule has 4 heteroatoms. The number of fused-ring (bicyclic) bond motifs is 1. The number of aromatic nitrogens is 2. The van der Waals surface area contributed by atoms with Crippen molar-refractivity contribution in [2.24, 2.45) is 5.92 Å². The molecule has 0 saturated carbocycles. The summed E-state index contributed by atoms with van der Waals surface area (Å²) in [4.78, 5) is 10.8. The molecule has 0 bridgehead atoms. The van der Waals surface area contributed by atoms with Gasteiger partial charge in [-0.05, 0) is 19.1 Å². The van der Waals surface area contributed by atoms with Gasteiger partial charge in [0.25, 0.3) is 0 Å². The van der Waals surface area contributed by atoms with Gasteiger partial charge in [-0.15, -0.1) is 0 Å². The van der Waals surface area contributed by atoms with Crippen LogP contribution in [0.3, 0.4) is 0 Å². The van der Waals surface area contributed by atoms with E-state index in [-0.39, 0.29) is 6.61 Å². The van der Waals surface area contributed by atoms with Crippen LogP contribution < -0.4 is 4.90 Å². The molecule has 0 unspecified atom stereocenters. The van der Waals surface area contributed by atoms with Gasteiger partial charge in [0.15, 0.2) is 0 Å². The maximum atomic E-state index is 9.05. The maximum absolute atomic E-state index is 9.05. The van der Waals surface area contributed by atoms with Crippen LogP contribution in [0.5, 0.6) is 0 Å². The number of hydrogen-bond donors (Lipinski definition) is 1. The zero-order valence-corrected chi connectivity index (χ0v) is 9.80. The van der Waals surface area contributed by atoms with E-state index < -0.39 is 0 Å². The van der Waals surface area contributed by atoms with E-state index in [1.54, 1.807) is 6.33 Å². The summed E-state index contributed by atoms with van der Waals surface area (Å²) in [7, 11) is 0. The van der Waals surface area contributed by atoms with E-state index in [1.807, 2.05) is 6.07 Å². The van der Waals surface area contributed by atoms with Crippen molar-refractivity contribution in [2.75, 3.05) is 24.6 Å². The molecule has 0 amide bonds. The number of hydrogen-bond acceptors (Lipinski definition) is 4. The average Bonchev–Trinajstić information content (AvgIpc) is 2.28. The van der Waals surface area contributed by atoms with Gasteiger partial charge in [0.2, 0.25) is 0 Å². The largest absolute Gasteiger partial charge is 0.396 e. The van der Waals surface area contributed by atoms with Gasteiger partial charge in [-0.1, -0.05) is 11.6 Å². The molecular formula is C13H15N3O. The fraction of sp³-hybridized carbons (Fsp3) is 0.385. The molecule has 1 fully saturated rings. The number of aliphatic hydroxyl groups is 1. The smallest absolute Gasteiger partial charge is 0.139 e. The van der Waals surface area contributed by atoms with Crippen molar-refractivity contribution in [1.82, 2.24) is 9.97 Å². The molecule has 1 aromatic carbocycles. The van der Waals surface area contributed by atoms with Crippen LogP contribution in [0.15, 0.2) is 24.5 Å². The van der Waals surface area contributed by atoms with Crippen molar-refractivity contribution >= 4 is 16.7 Å². The molecule has 1 aliphatic rings. The summed E-state index contributed by atoms with van der Waals surface area (Å²) in [6.45, 7) is 4.11. The number of aliphatic hydroxyl groups excluding tert-OH is 1. The molecule has 0 aliphatic carbocycles. The molecule has 3 rings (SSSR count). The second-order valence-corrected chi connectivity index (χ2v) is 4.67. The SMILES string of the molecule is Cc1ccc2ncnc(N3CC(CO)C3)c2c1. The summed E-state index contributed by atoms with van der Waals surface area (Å²) in [5, 5.41) is 10.1. The minimum atomic E-state index is 0.262. The predicted octanol–water partition coefficient (Wildman–Crippen LogP) is 1.37. The topological polar surface area (TPSA) is 49.2 Å². The molecule has 0 spiro atoms. The number of anilines is 1. The number of aryl methyl sites for hydroxylation is 1. The molecule has 1 aromatic heterocycles. The molecule has 88 valence electrons. The Morgan fingerprint density at radius 1 is 1.35 bits per heavy atom. The standard InChI is InChI=1S/C13H15N3O/c1-9-2-3-12-11(4-9)13(15-8-14-12)16-5-10(6-16)7-17/h2-4,8,10,17H,5-7H2,1H3. The van der Waals surface area contributed by atoms with Crippen molar-refractivity contribution in [2.45, 2.75) is 6.92 Å². The predicted molar refractivity (Wildman–Crippen MR) is 67.1 cm³/mol. The van der Waals surface area contributed by atoms with Crippen LogP contribution in [0.4, 0.5) is 5.82 Å². The van der Waals surface area contributed by atoms with Crippen LogP contribution in [0.1, 0.15) is 5.56 Å². The molecule has 4 nitrogen and oxygen atoms in total. The molecule has 1 N–H and O–H groups in total. The third-order valence-corrected chi connectivity index (χ3v) is 3.28. The lowest BCUT2D eigenvalue weighted by molar-refractivity contribution is 0.200. The molecule has 0 atom stereocenters. The molecule has 2 heterocycles. The highest BCUT2D eigenvalue weighted by molar-refractivity contribution is 5.90. The quantitative estimate of drug-likeness (QED) is 0.845. The van der Waals surface area contributed by atoms with Gasteiger partial charge in [0.05, 0.1) is 5.52 Å². The van der Waals surface area contributed by atoms with E-state index in [9.17, 15) is 0 Å². The fourth-order valence-corrected chi connectivity index (χ4v) is 2.27. The van der Waals surface area contributed by atoms with Gasteiger partial charge in [0, 0.05) is 31.0 Å². The van der Waals surface area contributed by atoms with Crippen LogP contribution in [0.2, 0.25) is 0 Å². The zero-order valence-electron chi connectivity index (χ0n) is 9.80. The summed E-state index contributed by atoms with van der Waals surface area (Å²) in [5.41, 5.74) is 2.20. The molecule has 0 radical (unpaired) electrons. The van der Waals surface area contributed by atoms with Crippen molar-refractivity contribution in [3.8, 4) is 0 Å². The number of benzene rings is 1. The lowest BCUT2D eigenvalue weighted by Gasteiger charge is -2.39. The summed E-state index contributed by atoms with van der Waals surface area (Å²) in [5.74, 6) is 1.38. The summed E-state index contributed by atoms with van der Waals surface area (Å²) in [6.07, 6.45) is 1.61. The van der Waals surface area contributed by atoms with E-state index in [0.717, 1.165) is 29.8 Å². The molecular weight excluding hydrogens is 214 g/mol. The van der Waals surface area contributed by atoms with Crippen LogP contribution in [0, 0.1) is 12.8 Å². The third kappa shape index (κ3) is 1.74. The van der Waals surface area contributed by atoms with Gasteiger partial charge in [-0.25, -0.2) is 9.97 Å². The van der Waals surface area contributed by atoms with E-state index in [1.165, 1.54) is 5.56 Å². The maximum Gasteiger partial charge on any atom is 0.139 e. The van der Waals surface area contributed by atoms with Gasteiger partial charge in [0.1, 0.15) is 12.1 Å². The van der Waals surface area contributed by atoms with E-state index >= 15 is 0 Å². The summed E-state index contributed by atoms with van der Waals surface area (Å²) >= 11 is 0. The van der Waals surface area contributed by atoms with E-state index in [2.05, 4.69) is 33.9 Å². The first-order valence-corrected chi connectivity index (χ1v) is 5.85. The highest BCUT2D eigenvalue weighted by Gasteiger charge is 2.28. The first kappa shape index (κ1) is 10.5. The van der Waals surface area contributed by atoms with Gasteiger partial charge in [-0.3, -0.25) is 0 Å². The van der Waals surface area contributed by atoms with Crippen molar-refractivity contribution in [3.63, 3.8) is 0 Å². The molecule has 1 saturated heterocycles. The second-order valence-electron chi connectivity index (χ2n) is 4.67. The Hall–Kier alpha value is -1.68. The van der Waals surface area contributed by atoms with Gasteiger partial charge >= 0.3 is 0 Å². The van der Waals surface area contributed by atoms with Crippen molar-refractivity contribution in [1.29, 1.82) is 0 Å². The Labute approximate surface area is 99.9 Å². The van der Waals surface area contributed by atoms with Gasteiger partial charge in [-0.2, -0.15) is 0 Å². The fourth-order valence-electron chi connectivity index (χ4n) is 2.27. The third-order valence-electron chi connectivity index (χ3n) is 3.28. The Bertz CT molecular complexity index is 549. The number of rotatable bonds is 2. The molecule has 2 aromatic rings. The highest BCUT2D eigenvalue weighted by Crippen LogP contribution is 2.29. The van der Waals surface area contributed by atoms with E-state index in [4.69, 9.17) is 5.11 Å². The minimum Gasteiger partial charge on any atom is -0.396 e. The number of nitrogens with zero attached hydrogens (tertiary/aromatic N) is 3. The van der Waals surface area contributed by atoms with Crippen molar-refractivity contribution < 1.29 is 5.11 Å². The molecule has 17 heavy (non-hydrogen) atoms. The Morgan fingerprint density at radius 2 is 2.18 bits per heavy atom.